The second-order valence-corrected chi connectivity index (χ2v) is 8.88. The number of hydrogen-bond acceptors (Lipinski definition) is 5. The number of nitrogens with zero attached hydrogens (tertiary/aromatic N) is 3. The first-order chi connectivity index (χ1) is 14.8. The predicted octanol–water partition coefficient (Wildman–Crippen LogP) is 4.40. The first-order valence-electron chi connectivity index (χ1n) is 10.7. The fraction of sp³-hybridized carbons (Fsp3) is 0.417. The van der Waals surface area contributed by atoms with Crippen molar-refractivity contribution in [2.75, 3.05) is 33.3 Å². The van der Waals surface area contributed by atoms with Crippen molar-refractivity contribution in [2.45, 2.75) is 32.7 Å². The van der Waals surface area contributed by atoms with E-state index in [4.69, 9.17) is 14.5 Å². The van der Waals surface area contributed by atoms with Crippen molar-refractivity contribution in [3.8, 4) is 17.2 Å². The molecule has 0 aromatic heterocycles. The van der Waals surface area contributed by atoms with Crippen molar-refractivity contribution in [3.05, 3.63) is 48.0 Å². The van der Waals surface area contributed by atoms with Crippen LogP contribution < -0.4 is 14.8 Å². The molecule has 0 atom stereocenters. The normalized spacial score (nSPS) is 16.2. The average Bonchev–Trinajstić information content (AvgIpc) is 3.06. The third kappa shape index (κ3) is 4.76. The number of rotatable bonds is 1. The molecule has 0 radical (unpaired) electrons. The Bertz CT molecular complexity index is 997. The molecule has 0 bridgehead atoms. The lowest BCUT2D eigenvalue weighted by Crippen LogP contribution is -2.49. The van der Waals surface area contributed by atoms with Crippen molar-refractivity contribution >= 4 is 17.6 Å². The smallest absolute Gasteiger partial charge is 0.317 e. The standard InChI is InChI=1S/C24H30N4O3/c1-24(2,3)26-23(29)28-13-7-12-27(14-15-28)22-18-11-10-17(30-4)16-21(18)31-20-9-6-5-8-19(20)25-22/h5-6,8-11,16H,7,12-15H2,1-4H3,(H,26,29). The molecule has 2 aliphatic heterocycles. The fourth-order valence-electron chi connectivity index (χ4n) is 3.80. The van der Waals surface area contributed by atoms with Gasteiger partial charge in [0.15, 0.2) is 5.75 Å². The Hall–Kier alpha value is -3.22. The van der Waals surface area contributed by atoms with Gasteiger partial charge in [0.05, 0.1) is 12.7 Å². The molecule has 31 heavy (non-hydrogen) atoms. The van der Waals surface area contributed by atoms with Gasteiger partial charge in [0, 0.05) is 37.8 Å². The van der Waals surface area contributed by atoms with Gasteiger partial charge >= 0.3 is 6.03 Å². The number of amidine groups is 1. The first kappa shape index (κ1) is 21.0. The summed E-state index contributed by atoms with van der Waals surface area (Å²) in [6, 6.07) is 13.6. The van der Waals surface area contributed by atoms with Crippen molar-refractivity contribution in [2.24, 2.45) is 4.99 Å². The van der Waals surface area contributed by atoms with Crippen LogP contribution in [0.1, 0.15) is 32.8 Å². The van der Waals surface area contributed by atoms with Gasteiger partial charge in [-0.15, -0.1) is 0 Å². The van der Waals surface area contributed by atoms with E-state index in [1.54, 1.807) is 7.11 Å². The third-order valence-corrected chi connectivity index (χ3v) is 5.31. The number of benzene rings is 2. The van der Waals surface area contributed by atoms with Gasteiger partial charge in [-0.2, -0.15) is 0 Å². The highest BCUT2D eigenvalue weighted by Crippen LogP contribution is 2.39. The van der Waals surface area contributed by atoms with E-state index in [2.05, 4.69) is 10.2 Å². The van der Waals surface area contributed by atoms with Gasteiger partial charge < -0.3 is 24.6 Å². The molecule has 0 aliphatic carbocycles. The van der Waals surface area contributed by atoms with Crippen LogP contribution in [-0.2, 0) is 0 Å². The lowest BCUT2D eigenvalue weighted by Gasteiger charge is -2.28. The summed E-state index contributed by atoms with van der Waals surface area (Å²) < 4.78 is 11.6. The largest absolute Gasteiger partial charge is 0.497 e. The number of para-hydroxylation sites is 2. The Balaban J connectivity index is 1.63. The molecular formula is C24H30N4O3. The summed E-state index contributed by atoms with van der Waals surface area (Å²) in [5.74, 6) is 3.03. The number of aliphatic imine (C=N–C) groups is 1. The number of urea groups is 1. The Labute approximate surface area is 183 Å². The van der Waals surface area contributed by atoms with Gasteiger partial charge in [0.1, 0.15) is 23.0 Å². The second kappa shape index (κ2) is 8.49. The third-order valence-electron chi connectivity index (χ3n) is 5.31. The van der Waals surface area contributed by atoms with Crippen LogP contribution in [0.5, 0.6) is 17.2 Å². The van der Waals surface area contributed by atoms with Gasteiger partial charge in [-0.25, -0.2) is 9.79 Å². The van der Waals surface area contributed by atoms with Crippen LogP contribution in [-0.4, -0.2) is 60.5 Å². The monoisotopic (exact) mass is 422 g/mol. The van der Waals surface area contributed by atoms with Crippen LogP contribution in [0.4, 0.5) is 10.5 Å². The molecule has 7 heteroatoms. The van der Waals surface area contributed by atoms with Crippen LogP contribution in [0.25, 0.3) is 0 Å². The number of amides is 2. The quantitative estimate of drug-likeness (QED) is 0.740. The molecule has 2 aliphatic rings. The molecule has 164 valence electrons. The lowest BCUT2D eigenvalue weighted by molar-refractivity contribution is 0.191. The van der Waals surface area contributed by atoms with E-state index in [-0.39, 0.29) is 11.6 Å². The van der Waals surface area contributed by atoms with Gasteiger partial charge in [-0.1, -0.05) is 12.1 Å². The second-order valence-electron chi connectivity index (χ2n) is 8.88. The maximum atomic E-state index is 12.7. The number of ether oxygens (including phenoxy) is 2. The zero-order valence-corrected chi connectivity index (χ0v) is 18.6. The molecule has 7 nitrogen and oxygen atoms in total. The average molecular weight is 423 g/mol. The van der Waals surface area contributed by atoms with Gasteiger partial charge in [-0.3, -0.25) is 0 Å². The van der Waals surface area contributed by atoms with E-state index < -0.39 is 0 Å². The molecule has 1 fully saturated rings. The van der Waals surface area contributed by atoms with Crippen LogP contribution in [0.15, 0.2) is 47.5 Å². The van der Waals surface area contributed by atoms with Crippen LogP contribution in [0.2, 0.25) is 0 Å². The number of carbonyl (C=O) groups excluding carboxylic acids is 1. The summed E-state index contributed by atoms with van der Waals surface area (Å²) in [6.45, 7) is 8.85. The summed E-state index contributed by atoms with van der Waals surface area (Å²) >= 11 is 0. The Kier molecular flexibility index (Phi) is 5.76. The minimum absolute atomic E-state index is 0.0176. The fourth-order valence-corrected chi connectivity index (χ4v) is 3.80. The van der Waals surface area contributed by atoms with Crippen LogP contribution in [0.3, 0.4) is 0 Å². The minimum atomic E-state index is -0.256. The van der Waals surface area contributed by atoms with E-state index in [0.29, 0.717) is 25.4 Å². The zero-order chi connectivity index (χ0) is 22.0. The number of hydrogen-bond donors (Lipinski definition) is 1. The van der Waals surface area contributed by atoms with Crippen molar-refractivity contribution < 1.29 is 14.3 Å². The molecule has 1 N–H and O–H groups in total. The lowest BCUT2D eigenvalue weighted by atomic mass is 10.1. The van der Waals surface area contributed by atoms with E-state index in [1.807, 2.05) is 68.1 Å². The molecule has 1 saturated heterocycles. The highest BCUT2D eigenvalue weighted by molar-refractivity contribution is 6.04. The zero-order valence-electron chi connectivity index (χ0n) is 18.6. The first-order valence-corrected chi connectivity index (χ1v) is 10.7. The van der Waals surface area contributed by atoms with E-state index >= 15 is 0 Å². The Morgan fingerprint density at radius 3 is 2.65 bits per heavy atom. The van der Waals surface area contributed by atoms with Crippen molar-refractivity contribution in [1.29, 1.82) is 0 Å². The topological polar surface area (TPSA) is 66.4 Å². The highest BCUT2D eigenvalue weighted by Gasteiger charge is 2.27. The Morgan fingerprint density at radius 2 is 1.87 bits per heavy atom. The predicted molar refractivity (Wildman–Crippen MR) is 122 cm³/mol. The van der Waals surface area contributed by atoms with Crippen molar-refractivity contribution in [1.82, 2.24) is 15.1 Å². The maximum Gasteiger partial charge on any atom is 0.317 e. The molecule has 2 aromatic rings. The highest BCUT2D eigenvalue weighted by atomic mass is 16.5. The summed E-state index contributed by atoms with van der Waals surface area (Å²) in [4.78, 5) is 21.8. The molecule has 2 amide bonds. The van der Waals surface area contributed by atoms with Crippen LogP contribution >= 0.6 is 0 Å². The van der Waals surface area contributed by atoms with Gasteiger partial charge in [0.2, 0.25) is 0 Å². The van der Waals surface area contributed by atoms with Gasteiger partial charge in [-0.05, 0) is 51.5 Å². The molecular weight excluding hydrogens is 392 g/mol. The maximum absolute atomic E-state index is 12.7. The molecule has 0 spiro atoms. The van der Waals surface area contributed by atoms with Gasteiger partial charge in [0.25, 0.3) is 0 Å². The molecule has 2 heterocycles. The summed E-state index contributed by atoms with van der Waals surface area (Å²) in [7, 11) is 1.65. The summed E-state index contributed by atoms with van der Waals surface area (Å²) in [5.41, 5.74) is 1.46. The van der Waals surface area contributed by atoms with E-state index in [0.717, 1.165) is 41.6 Å². The minimum Gasteiger partial charge on any atom is -0.497 e. The van der Waals surface area contributed by atoms with Crippen LogP contribution in [0, 0.1) is 0 Å². The summed E-state index contributed by atoms with van der Waals surface area (Å²) in [5, 5.41) is 3.07. The summed E-state index contributed by atoms with van der Waals surface area (Å²) in [6.07, 6.45) is 0.866. The molecule has 4 rings (SSSR count). The molecule has 2 aromatic carbocycles. The SMILES string of the molecule is COc1ccc2c(c1)Oc1ccccc1N=C2N1CCCN(C(=O)NC(C)(C)C)CC1. The number of nitrogens with one attached hydrogen (secondary N) is 1. The van der Waals surface area contributed by atoms with E-state index in [1.165, 1.54) is 0 Å². The number of fused-ring (bicyclic) bond motifs is 2. The Morgan fingerprint density at radius 1 is 1.06 bits per heavy atom. The molecule has 0 saturated carbocycles. The van der Waals surface area contributed by atoms with E-state index in [9.17, 15) is 4.79 Å². The van der Waals surface area contributed by atoms with Crippen molar-refractivity contribution in [3.63, 3.8) is 0 Å². The number of methoxy groups -OCH3 is 1. The molecule has 0 unspecified atom stereocenters. The number of carbonyl (C=O) groups is 1.